The standard InChI is InChI=1S/C22H26N2O3S/c1-15-9-5-8-12-19(15)27-13-14-28-16(2)20(25)24-18-11-7-6-10-17(18)23-21(26)22(24,3)4/h5-12,16H,13-14H2,1-4H3,(H,23,26)/t16-/m1/s1. The Morgan fingerprint density at radius 1 is 1.18 bits per heavy atom. The van der Waals surface area contributed by atoms with Crippen molar-refractivity contribution in [3.8, 4) is 5.75 Å². The van der Waals surface area contributed by atoms with E-state index in [1.54, 1.807) is 18.7 Å². The van der Waals surface area contributed by atoms with Crippen LogP contribution in [0.15, 0.2) is 48.5 Å². The molecule has 1 heterocycles. The summed E-state index contributed by atoms with van der Waals surface area (Å²) in [6.45, 7) is 7.96. The first-order valence-corrected chi connectivity index (χ1v) is 10.4. The van der Waals surface area contributed by atoms with Gasteiger partial charge in [-0.1, -0.05) is 30.3 Å². The summed E-state index contributed by atoms with van der Waals surface area (Å²) in [7, 11) is 0. The number of ether oxygens (including phenoxy) is 1. The van der Waals surface area contributed by atoms with Crippen molar-refractivity contribution < 1.29 is 14.3 Å². The highest BCUT2D eigenvalue weighted by Gasteiger charge is 2.44. The number of amides is 2. The Kier molecular flexibility index (Phi) is 5.98. The normalized spacial score (nSPS) is 16.1. The van der Waals surface area contributed by atoms with Gasteiger partial charge in [0, 0.05) is 5.75 Å². The number of para-hydroxylation sites is 3. The fraction of sp³-hybridized carbons (Fsp3) is 0.364. The molecule has 0 saturated carbocycles. The SMILES string of the molecule is Cc1ccccc1OCCS[C@H](C)C(=O)N1c2ccccc2NC(=O)C1(C)C. The summed E-state index contributed by atoms with van der Waals surface area (Å²) in [5.41, 5.74) is 1.55. The van der Waals surface area contributed by atoms with Crippen LogP contribution >= 0.6 is 11.8 Å². The molecule has 1 N–H and O–H groups in total. The highest BCUT2D eigenvalue weighted by Crippen LogP contribution is 2.38. The van der Waals surface area contributed by atoms with Gasteiger partial charge >= 0.3 is 0 Å². The Hall–Kier alpha value is -2.47. The zero-order valence-electron chi connectivity index (χ0n) is 16.7. The summed E-state index contributed by atoms with van der Waals surface area (Å²) in [5, 5.41) is 2.60. The van der Waals surface area contributed by atoms with Crippen LogP contribution in [0, 0.1) is 6.92 Å². The fourth-order valence-corrected chi connectivity index (χ4v) is 3.98. The van der Waals surface area contributed by atoms with E-state index < -0.39 is 5.54 Å². The second-order valence-electron chi connectivity index (χ2n) is 7.33. The van der Waals surface area contributed by atoms with Crippen LogP contribution < -0.4 is 15.0 Å². The van der Waals surface area contributed by atoms with Crippen LogP contribution in [0.4, 0.5) is 11.4 Å². The maximum atomic E-state index is 13.2. The molecule has 2 aromatic rings. The molecule has 2 amide bonds. The molecule has 0 radical (unpaired) electrons. The Morgan fingerprint density at radius 2 is 1.86 bits per heavy atom. The van der Waals surface area contributed by atoms with Gasteiger partial charge < -0.3 is 10.1 Å². The van der Waals surface area contributed by atoms with Crippen LogP contribution in [0.1, 0.15) is 26.3 Å². The average Bonchev–Trinajstić information content (AvgIpc) is 2.66. The van der Waals surface area contributed by atoms with Crippen molar-refractivity contribution in [1.29, 1.82) is 0 Å². The number of benzene rings is 2. The number of carbonyl (C=O) groups is 2. The number of carbonyl (C=O) groups excluding carboxylic acids is 2. The Morgan fingerprint density at radius 3 is 2.61 bits per heavy atom. The van der Waals surface area contributed by atoms with Gasteiger partial charge in [0.05, 0.1) is 23.2 Å². The lowest BCUT2D eigenvalue weighted by Gasteiger charge is -2.43. The lowest BCUT2D eigenvalue weighted by atomic mass is 9.96. The first-order valence-electron chi connectivity index (χ1n) is 9.37. The van der Waals surface area contributed by atoms with Crippen LogP contribution in [-0.2, 0) is 9.59 Å². The lowest BCUT2D eigenvalue weighted by molar-refractivity contribution is -0.126. The van der Waals surface area contributed by atoms with E-state index in [9.17, 15) is 9.59 Å². The predicted molar refractivity (Wildman–Crippen MR) is 115 cm³/mol. The molecule has 0 aromatic heterocycles. The number of hydrogen-bond acceptors (Lipinski definition) is 4. The molecule has 1 aliphatic rings. The quantitative estimate of drug-likeness (QED) is 0.739. The van der Waals surface area contributed by atoms with E-state index in [4.69, 9.17) is 4.74 Å². The summed E-state index contributed by atoms with van der Waals surface area (Å²) >= 11 is 1.53. The highest BCUT2D eigenvalue weighted by atomic mass is 32.2. The second kappa shape index (κ2) is 8.27. The molecule has 1 aliphatic heterocycles. The maximum Gasteiger partial charge on any atom is 0.250 e. The summed E-state index contributed by atoms with van der Waals surface area (Å²) in [5.74, 6) is 1.29. The number of nitrogens with zero attached hydrogens (tertiary/aromatic N) is 1. The molecule has 28 heavy (non-hydrogen) atoms. The van der Waals surface area contributed by atoms with Crippen molar-refractivity contribution in [2.45, 2.75) is 38.5 Å². The Bertz CT molecular complexity index is 882. The second-order valence-corrected chi connectivity index (χ2v) is 8.78. The molecule has 148 valence electrons. The Balaban J connectivity index is 1.65. The molecule has 0 saturated heterocycles. The van der Waals surface area contributed by atoms with Gasteiger partial charge in [0.25, 0.3) is 0 Å². The van der Waals surface area contributed by atoms with Gasteiger partial charge in [-0.15, -0.1) is 11.8 Å². The zero-order chi connectivity index (χ0) is 20.3. The fourth-order valence-electron chi connectivity index (χ4n) is 3.19. The van der Waals surface area contributed by atoms with E-state index in [1.807, 2.05) is 62.4 Å². The molecular weight excluding hydrogens is 372 g/mol. The van der Waals surface area contributed by atoms with Gasteiger partial charge in [-0.25, -0.2) is 0 Å². The van der Waals surface area contributed by atoms with Crippen LogP contribution in [0.2, 0.25) is 0 Å². The van der Waals surface area contributed by atoms with Gasteiger partial charge in [-0.05, 0) is 51.5 Å². The summed E-state index contributed by atoms with van der Waals surface area (Å²) < 4.78 is 5.82. The van der Waals surface area contributed by atoms with E-state index in [2.05, 4.69) is 5.32 Å². The predicted octanol–water partition coefficient (Wildman–Crippen LogP) is 4.26. The van der Waals surface area contributed by atoms with Crippen molar-refractivity contribution >= 4 is 35.0 Å². The third-order valence-electron chi connectivity index (χ3n) is 4.88. The molecule has 5 nitrogen and oxygen atoms in total. The van der Waals surface area contributed by atoms with E-state index >= 15 is 0 Å². The molecule has 0 unspecified atom stereocenters. The molecule has 0 bridgehead atoms. The first-order chi connectivity index (χ1) is 13.3. The molecule has 2 aromatic carbocycles. The Labute approximate surface area is 170 Å². The minimum absolute atomic E-state index is 0.0757. The van der Waals surface area contributed by atoms with Gasteiger partial charge in [0.2, 0.25) is 11.8 Å². The van der Waals surface area contributed by atoms with Gasteiger partial charge in [0.15, 0.2) is 0 Å². The molecular formula is C22H26N2O3S. The van der Waals surface area contributed by atoms with Crippen LogP contribution in [0.3, 0.4) is 0 Å². The third kappa shape index (κ3) is 4.02. The summed E-state index contributed by atoms with van der Waals surface area (Å²) in [4.78, 5) is 27.4. The highest BCUT2D eigenvalue weighted by molar-refractivity contribution is 8.00. The minimum Gasteiger partial charge on any atom is -0.492 e. The minimum atomic E-state index is -0.947. The smallest absolute Gasteiger partial charge is 0.250 e. The monoisotopic (exact) mass is 398 g/mol. The molecule has 0 fully saturated rings. The number of hydrogen-bond donors (Lipinski definition) is 1. The van der Waals surface area contributed by atoms with E-state index in [-0.39, 0.29) is 17.1 Å². The van der Waals surface area contributed by atoms with Gasteiger partial charge in [0.1, 0.15) is 11.3 Å². The number of anilines is 2. The van der Waals surface area contributed by atoms with Crippen molar-refractivity contribution in [3.05, 3.63) is 54.1 Å². The largest absolute Gasteiger partial charge is 0.492 e. The number of rotatable bonds is 6. The topological polar surface area (TPSA) is 58.6 Å². The molecule has 3 rings (SSSR count). The molecule has 0 aliphatic carbocycles. The number of thioether (sulfide) groups is 1. The van der Waals surface area contributed by atoms with Gasteiger partial charge in [-0.2, -0.15) is 0 Å². The van der Waals surface area contributed by atoms with Crippen molar-refractivity contribution in [2.75, 3.05) is 22.6 Å². The lowest BCUT2D eigenvalue weighted by Crippen LogP contribution is -2.60. The van der Waals surface area contributed by atoms with Gasteiger partial charge in [-0.3, -0.25) is 14.5 Å². The first kappa shape index (κ1) is 20.3. The number of nitrogens with one attached hydrogen (secondary N) is 1. The summed E-state index contributed by atoms with van der Waals surface area (Å²) in [6, 6.07) is 15.3. The van der Waals surface area contributed by atoms with Crippen molar-refractivity contribution in [3.63, 3.8) is 0 Å². The maximum absolute atomic E-state index is 13.2. The molecule has 6 heteroatoms. The van der Waals surface area contributed by atoms with Crippen LogP contribution in [-0.4, -0.2) is 35.0 Å². The van der Waals surface area contributed by atoms with Crippen molar-refractivity contribution in [2.24, 2.45) is 0 Å². The number of aryl methyl sites for hydroxylation is 1. The van der Waals surface area contributed by atoms with Crippen LogP contribution in [0.25, 0.3) is 0 Å². The third-order valence-corrected chi connectivity index (χ3v) is 5.98. The van der Waals surface area contributed by atoms with E-state index in [1.165, 1.54) is 11.8 Å². The van der Waals surface area contributed by atoms with Crippen LogP contribution in [0.5, 0.6) is 5.75 Å². The van der Waals surface area contributed by atoms with Crippen molar-refractivity contribution in [1.82, 2.24) is 0 Å². The molecule has 1 atom stereocenters. The number of fused-ring (bicyclic) bond motifs is 1. The summed E-state index contributed by atoms with van der Waals surface area (Å²) in [6.07, 6.45) is 0. The molecule has 0 spiro atoms. The van der Waals surface area contributed by atoms with E-state index in [0.29, 0.717) is 18.0 Å². The zero-order valence-corrected chi connectivity index (χ0v) is 17.5. The average molecular weight is 399 g/mol. The van der Waals surface area contributed by atoms with E-state index in [0.717, 1.165) is 17.0 Å².